The highest BCUT2D eigenvalue weighted by Gasteiger charge is 2.23. The molecule has 0 amide bonds. The van der Waals surface area contributed by atoms with Gasteiger partial charge in [-0.3, -0.25) is 13.9 Å². The Morgan fingerprint density at radius 3 is 2.59 bits per heavy atom. The Hall–Kier alpha value is -1.75. The first-order valence-corrected chi connectivity index (χ1v) is 8.62. The van der Waals surface area contributed by atoms with Crippen molar-refractivity contribution >= 4 is 11.8 Å². The zero-order chi connectivity index (χ0) is 15.7. The predicted molar refractivity (Wildman–Crippen MR) is 89.9 cm³/mol. The monoisotopic (exact) mass is 316 g/mol. The van der Waals surface area contributed by atoms with Gasteiger partial charge in [-0.2, -0.15) is 0 Å². The zero-order valence-corrected chi connectivity index (χ0v) is 13.7. The van der Waals surface area contributed by atoms with Crippen molar-refractivity contribution in [1.82, 2.24) is 9.13 Å². The van der Waals surface area contributed by atoms with Gasteiger partial charge in [0.1, 0.15) is 0 Å². The summed E-state index contributed by atoms with van der Waals surface area (Å²) in [6.45, 7) is 5.08. The Bertz CT molecular complexity index is 791. The van der Waals surface area contributed by atoms with E-state index in [9.17, 15) is 9.59 Å². The molecular weight excluding hydrogens is 296 g/mol. The Morgan fingerprint density at radius 1 is 1.18 bits per heavy atom. The highest BCUT2D eigenvalue weighted by molar-refractivity contribution is 7.99. The third-order valence-electron chi connectivity index (χ3n) is 3.94. The molecule has 22 heavy (non-hydrogen) atoms. The fourth-order valence-electron chi connectivity index (χ4n) is 2.85. The summed E-state index contributed by atoms with van der Waals surface area (Å²) in [5.74, 6) is 1.09. The zero-order valence-electron chi connectivity index (χ0n) is 12.9. The topological polar surface area (TPSA) is 44.0 Å². The van der Waals surface area contributed by atoms with Crippen LogP contribution in [-0.2, 0) is 13.1 Å². The van der Waals surface area contributed by atoms with Crippen LogP contribution >= 0.6 is 11.8 Å². The second kappa shape index (κ2) is 6.16. The van der Waals surface area contributed by atoms with Gasteiger partial charge >= 0.3 is 5.69 Å². The summed E-state index contributed by atoms with van der Waals surface area (Å²) in [5.41, 5.74) is 1.44. The number of nitrogens with zero attached hydrogens (tertiary/aromatic N) is 2. The van der Waals surface area contributed by atoms with E-state index in [1.165, 1.54) is 4.57 Å². The standard InChI is InChI=1S/C17H20N2O2S/c1-12(2)14-15(20)19(11-13-7-4-3-5-8-13)17(21)18-9-6-10-22-16(14)18/h3-5,7-8,12H,6,9-11H2,1-2H3. The quantitative estimate of drug-likeness (QED) is 0.818. The minimum Gasteiger partial charge on any atom is -0.288 e. The molecule has 5 heteroatoms. The van der Waals surface area contributed by atoms with Crippen molar-refractivity contribution in [2.45, 2.75) is 44.3 Å². The summed E-state index contributed by atoms with van der Waals surface area (Å²) in [6, 6.07) is 9.67. The van der Waals surface area contributed by atoms with Gasteiger partial charge in [0.2, 0.25) is 0 Å². The maximum absolute atomic E-state index is 12.8. The fraction of sp³-hybridized carbons (Fsp3) is 0.412. The molecule has 0 aliphatic carbocycles. The molecule has 0 spiro atoms. The summed E-state index contributed by atoms with van der Waals surface area (Å²) >= 11 is 1.64. The lowest BCUT2D eigenvalue weighted by molar-refractivity contribution is 0.503. The molecule has 1 aliphatic heterocycles. The van der Waals surface area contributed by atoms with Crippen molar-refractivity contribution in [2.24, 2.45) is 0 Å². The van der Waals surface area contributed by atoms with E-state index in [0.29, 0.717) is 13.1 Å². The van der Waals surface area contributed by atoms with Gasteiger partial charge in [0, 0.05) is 12.3 Å². The van der Waals surface area contributed by atoms with E-state index in [-0.39, 0.29) is 17.2 Å². The van der Waals surface area contributed by atoms with Crippen LogP contribution in [0.3, 0.4) is 0 Å². The molecule has 0 saturated heterocycles. The highest BCUT2D eigenvalue weighted by atomic mass is 32.2. The number of thioether (sulfide) groups is 1. The minimum atomic E-state index is -0.180. The van der Waals surface area contributed by atoms with Crippen LogP contribution in [-0.4, -0.2) is 14.9 Å². The van der Waals surface area contributed by atoms with Gasteiger partial charge in [-0.05, 0) is 17.9 Å². The molecule has 0 N–H and O–H groups in total. The highest BCUT2D eigenvalue weighted by Crippen LogP contribution is 2.28. The Labute approximate surface area is 133 Å². The van der Waals surface area contributed by atoms with E-state index in [1.807, 2.05) is 44.2 Å². The van der Waals surface area contributed by atoms with E-state index < -0.39 is 0 Å². The molecule has 0 unspecified atom stereocenters. The molecule has 2 aromatic rings. The summed E-state index contributed by atoms with van der Waals surface area (Å²) in [4.78, 5) is 25.6. The van der Waals surface area contributed by atoms with Gasteiger partial charge < -0.3 is 0 Å². The second-order valence-electron chi connectivity index (χ2n) is 5.89. The third-order valence-corrected chi connectivity index (χ3v) is 5.15. The first kappa shape index (κ1) is 15.2. The van der Waals surface area contributed by atoms with Gasteiger partial charge in [-0.1, -0.05) is 44.2 Å². The Morgan fingerprint density at radius 2 is 1.91 bits per heavy atom. The molecule has 0 radical (unpaired) electrons. The van der Waals surface area contributed by atoms with Crippen LogP contribution < -0.4 is 11.2 Å². The van der Waals surface area contributed by atoms with E-state index in [1.54, 1.807) is 16.3 Å². The van der Waals surface area contributed by atoms with Gasteiger partial charge in [0.15, 0.2) is 0 Å². The lowest BCUT2D eigenvalue weighted by Gasteiger charge is -2.23. The molecule has 2 heterocycles. The molecule has 0 atom stereocenters. The Kier molecular flexibility index (Phi) is 4.25. The van der Waals surface area contributed by atoms with Crippen molar-refractivity contribution in [3.63, 3.8) is 0 Å². The number of rotatable bonds is 3. The van der Waals surface area contributed by atoms with Crippen molar-refractivity contribution in [2.75, 3.05) is 5.75 Å². The number of hydrogen-bond acceptors (Lipinski definition) is 3. The number of fused-ring (bicyclic) bond motifs is 1. The van der Waals surface area contributed by atoms with Gasteiger partial charge in [0.25, 0.3) is 5.56 Å². The smallest absolute Gasteiger partial charge is 0.288 e. The third kappa shape index (κ3) is 2.65. The first-order chi connectivity index (χ1) is 10.6. The summed E-state index contributed by atoms with van der Waals surface area (Å²) in [6.07, 6.45) is 0.971. The largest absolute Gasteiger partial charge is 0.332 e. The molecule has 0 saturated carbocycles. The average molecular weight is 316 g/mol. The fourth-order valence-corrected chi connectivity index (χ4v) is 4.12. The van der Waals surface area contributed by atoms with Crippen LogP contribution in [0.2, 0.25) is 0 Å². The number of benzene rings is 1. The van der Waals surface area contributed by atoms with Gasteiger partial charge in [-0.25, -0.2) is 4.79 Å². The van der Waals surface area contributed by atoms with Crippen molar-refractivity contribution in [3.8, 4) is 0 Å². The maximum atomic E-state index is 12.8. The summed E-state index contributed by atoms with van der Waals surface area (Å²) in [7, 11) is 0. The molecular formula is C17H20N2O2S. The van der Waals surface area contributed by atoms with Gasteiger partial charge in [0.05, 0.1) is 17.1 Å². The van der Waals surface area contributed by atoms with Crippen LogP contribution in [0.1, 0.15) is 37.3 Å². The molecule has 0 bridgehead atoms. The first-order valence-electron chi connectivity index (χ1n) is 7.64. The summed E-state index contributed by atoms with van der Waals surface area (Å²) in [5, 5.41) is 0.876. The van der Waals surface area contributed by atoms with Crippen LogP contribution in [0.25, 0.3) is 0 Å². The van der Waals surface area contributed by atoms with Gasteiger partial charge in [-0.15, -0.1) is 11.8 Å². The molecule has 0 fully saturated rings. The van der Waals surface area contributed by atoms with Crippen LogP contribution in [0.5, 0.6) is 0 Å². The van der Waals surface area contributed by atoms with Crippen molar-refractivity contribution in [1.29, 1.82) is 0 Å². The van der Waals surface area contributed by atoms with Crippen molar-refractivity contribution in [3.05, 3.63) is 62.3 Å². The minimum absolute atomic E-state index is 0.113. The molecule has 1 aliphatic rings. The molecule has 1 aromatic carbocycles. The van der Waals surface area contributed by atoms with Crippen molar-refractivity contribution < 1.29 is 0 Å². The van der Waals surface area contributed by atoms with E-state index in [0.717, 1.165) is 28.3 Å². The molecule has 3 rings (SSSR count). The number of aromatic nitrogens is 2. The lowest BCUT2D eigenvalue weighted by atomic mass is 10.1. The second-order valence-corrected chi connectivity index (χ2v) is 6.97. The molecule has 116 valence electrons. The predicted octanol–water partition coefficient (Wildman–Crippen LogP) is 2.68. The molecule has 4 nitrogen and oxygen atoms in total. The maximum Gasteiger partial charge on any atom is 0.332 e. The van der Waals surface area contributed by atoms with Crippen LogP contribution in [0, 0.1) is 0 Å². The van der Waals surface area contributed by atoms with E-state index >= 15 is 0 Å². The lowest BCUT2D eigenvalue weighted by Crippen LogP contribution is -2.44. The molecule has 1 aromatic heterocycles. The van der Waals surface area contributed by atoms with Crippen LogP contribution in [0.15, 0.2) is 44.9 Å². The SMILES string of the molecule is CC(C)c1c2n(c(=O)n(Cc3ccccc3)c1=O)CCCS2. The summed E-state index contributed by atoms with van der Waals surface area (Å²) < 4.78 is 3.17. The average Bonchev–Trinajstić information content (AvgIpc) is 2.52. The normalized spacial score (nSPS) is 14.1. The number of hydrogen-bond donors (Lipinski definition) is 0. The van der Waals surface area contributed by atoms with E-state index in [2.05, 4.69) is 0 Å². The van der Waals surface area contributed by atoms with Crippen LogP contribution in [0.4, 0.5) is 0 Å². The Balaban J connectivity index is 2.20. The van der Waals surface area contributed by atoms with E-state index in [4.69, 9.17) is 0 Å².